The number of urea groups is 1. The number of nitrogens with one attached hydrogen (secondary N) is 2. The van der Waals surface area contributed by atoms with Crippen molar-refractivity contribution in [1.82, 2.24) is 15.1 Å². The van der Waals surface area contributed by atoms with Gasteiger partial charge < -0.3 is 25.4 Å². The molecule has 42 heavy (non-hydrogen) atoms. The Morgan fingerprint density at radius 3 is 2.24 bits per heavy atom. The first-order chi connectivity index (χ1) is 20.1. The van der Waals surface area contributed by atoms with Crippen LogP contribution in [0, 0.1) is 13.8 Å². The molecule has 4 rings (SSSR count). The summed E-state index contributed by atoms with van der Waals surface area (Å²) in [7, 11) is 1.56. The Bertz CT molecular complexity index is 1440. The van der Waals surface area contributed by atoms with Gasteiger partial charge in [0.25, 0.3) is 5.91 Å². The predicted molar refractivity (Wildman–Crippen MR) is 158 cm³/mol. The number of aliphatic carboxylic acids is 1. The van der Waals surface area contributed by atoms with Crippen molar-refractivity contribution >= 4 is 29.5 Å². The molecule has 0 radical (unpaired) electrons. The van der Waals surface area contributed by atoms with Crippen molar-refractivity contribution < 1.29 is 29.0 Å². The lowest BCUT2D eigenvalue weighted by Crippen LogP contribution is -2.64. The quantitative estimate of drug-likeness (QED) is 0.351. The molecule has 1 aliphatic rings. The van der Waals surface area contributed by atoms with Crippen LogP contribution in [0.15, 0.2) is 72.8 Å². The van der Waals surface area contributed by atoms with Gasteiger partial charge in [0.15, 0.2) is 6.17 Å². The smallest absolute Gasteiger partial charge is 0.323 e. The molecule has 1 aliphatic heterocycles. The SMILES string of the molecule is COc1ccc(CC(=O)N2CCCN(C(=O)Nc3cccc(C)c3)C2C(=O)NC(CC(=O)O)c2cccc(C)c2)cc1. The van der Waals surface area contributed by atoms with Gasteiger partial charge in [0, 0.05) is 18.8 Å². The van der Waals surface area contributed by atoms with E-state index >= 15 is 0 Å². The molecule has 1 fully saturated rings. The third-order valence-electron chi connectivity index (χ3n) is 7.13. The zero-order valence-electron chi connectivity index (χ0n) is 24.0. The van der Waals surface area contributed by atoms with Gasteiger partial charge in [-0.15, -0.1) is 0 Å². The summed E-state index contributed by atoms with van der Waals surface area (Å²) in [5, 5.41) is 15.3. The van der Waals surface area contributed by atoms with Gasteiger partial charge in [-0.1, -0.05) is 54.1 Å². The zero-order valence-corrected chi connectivity index (χ0v) is 24.0. The Morgan fingerprint density at radius 1 is 0.929 bits per heavy atom. The van der Waals surface area contributed by atoms with Gasteiger partial charge in [-0.2, -0.15) is 0 Å². The molecular weight excluding hydrogens is 536 g/mol. The second-order valence-corrected chi connectivity index (χ2v) is 10.4. The number of methoxy groups -OCH3 is 1. The summed E-state index contributed by atoms with van der Waals surface area (Å²) in [6, 6.07) is 20.2. The number of aryl methyl sites for hydroxylation is 2. The van der Waals surface area contributed by atoms with Gasteiger partial charge in [-0.25, -0.2) is 4.79 Å². The Hall–Kier alpha value is -4.86. The van der Waals surface area contributed by atoms with Crippen LogP contribution in [0.4, 0.5) is 10.5 Å². The minimum Gasteiger partial charge on any atom is -0.497 e. The maximum absolute atomic E-state index is 14.0. The molecule has 0 aromatic heterocycles. The minimum atomic E-state index is -1.28. The fourth-order valence-corrected chi connectivity index (χ4v) is 5.08. The highest BCUT2D eigenvalue weighted by molar-refractivity contribution is 5.96. The van der Waals surface area contributed by atoms with Crippen LogP contribution >= 0.6 is 0 Å². The lowest BCUT2D eigenvalue weighted by molar-refractivity contribution is -0.149. The van der Waals surface area contributed by atoms with Crippen molar-refractivity contribution in [3.63, 3.8) is 0 Å². The highest BCUT2D eigenvalue weighted by Gasteiger charge is 2.41. The first kappa shape index (κ1) is 30.1. The Kier molecular flexibility index (Phi) is 9.80. The number of nitrogens with zero attached hydrogens (tertiary/aromatic N) is 2. The minimum absolute atomic E-state index is 0.0115. The van der Waals surface area contributed by atoms with E-state index in [-0.39, 0.29) is 31.8 Å². The van der Waals surface area contributed by atoms with Gasteiger partial charge in [0.05, 0.1) is 26.0 Å². The number of carbonyl (C=O) groups excluding carboxylic acids is 3. The van der Waals surface area contributed by atoms with Gasteiger partial charge in [-0.3, -0.25) is 19.3 Å². The third kappa shape index (κ3) is 7.66. The number of amides is 4. The Labute approximate surface area is 245 Å². The number of hydrogen-bond donors (Lipinski definition) is 3. The predicted octanol–water partition coefficient (Wildman–Crippen LogP) is 4.28. The normalized spacial score (nSPS) is 15.5. The van der Waals surface area contributed by atoms with Crippen molar-refractivity contribution in [3.8, 4) is 5.75 Å². The highest BCUT2D eigenvalue weighted by atomic mass is 16.5. The molecule has 3 aromatic carbocycles. The van der Waals surface area contributed by atoms with Crippen LogP contribution in [0.5, 0.6) is 5.75 Å². The van der Waals surface area contributed by atoms with Crippen LogP contribution in [0.3, 0.4) is 0 Å². The fraction of sp³-hybridized carbons (Fsp3) is 0.312. The molecular formula is C32H36N4O6. The molecule has 220 valence electrons. The molecule has 2 unspecified atom stereocenters. The lowest BCUT2D eigenvalue weighted by Gasteiger charge is -2.43. The topological polar surface area (TPSA) is 128 Å². The molecule has 10 heteroatoms. The molecule has 0 bridgehead atoms. The summed E-state index contributed by atoms with van der Waals surface area (Å²) in [6.45, 7) is 4.27. The molecule has 1 heterocycles. The van der Waals surface area contributed by atoms with Crippen LogP contribution in [0.2, 0.25) is 0 Å². The molecule has 1 saturated heterocycles. The maximum Gasteiger partial charge on any atom is 0.323 e. The lowest BCUT2D eigenvalue weighted by atomic mass is 10.0. The zero-order chi connectivity index (χ0) is 30.2. The molecule has 3 aromatic rings. The van der Waals surface area contributed by atoms with Gasteiger partial charge >= 0.3 is 12.0 Å². The number of ether oxygens (including phenoxy) is 1. The largest absolute Gasteiger partial charge is 0.497 e. The van der Waals surface area contributed by atoms with Crippen molar-refractivity contribution in [2.45, 2.75) is 45.3 Å². The van der Waals surface area contributed by atoms with Crippen LogP contribution < -0.4 is 15.4 Å². The number of carboxylic acid groups (broad SMARTS) is 1. The third-order valence-corrected chi connectivity index (χ3v) is 7.13. The van der Waals surface area contributed by atoms with E-state index in [2.05, 4.69) is 10.6 Å². The number of rotatable bonds is 9. The summed E-state index contributed by atoms with van der Waals surface area (Å²) >= 11 is 0. The summed E-state index contributed by atoms with van der Waals surface area (Å²) < 4.78 is 5.20. The van der Waals surface area contributed by atoms with Crippen molar-refractivity contribution in [2.24, 2.45) is 0 Å². The number of carboxylic acids is 1. The van der Waals surface area contributed by atoms with E-state index in [4.69, 9.17) is 4.74 Å². The van der Waals surface area contributed by atoms with E-state index in [1.54, 1.807) is 49.6 Å². The average Bonchev–Trinajstić information content (AvgIpc) is 2.96. The molecule has 0 saturated carbocycles. The molecule has 2 atom stereocenters. The average molecular weight is 573 g/mol. The van der Waals surface area contributed by atoms with Crippen LogP contribution in [-0.2, 0) is 20.8 Å². The van der Waals surface area contributed by atoms with E-state index < -0.39 is 30.1 Å². The number of hydrogen-bond acceptors (Lipinski definition) is 5. The highest BCUT2D eigenvalue weighted by Crippen LogP contribution is 2.23. The van der Waals surface area contributed by atoms with Gasteiger partial charge in [0.1, 0.15) is 5.75 Å². The van der Waals surface area contributed by atoms with E-state index in [0.717, 1.165) is 16.7 Å². The van der Waals surface area contributed by atoms with Crippen molar-refractivity contribution in [2.75, 3.05) is 25.5 Å². The molecule has 0 aliphatic carbocycles. The van der Waals surface area contributed by atoms with Crippen molar-refractivity contribution in [3.05, 3.63) is 95.1 Å². The first-order valence-electron chi connectivity index (χ1n) is 13.8. The molecule has 4 amide bonds. The van der Waals surface area contributed by atoms with Gasteiger partial charge in [0.2, 0.25) is 5.91 Å². The number of benzene rings is 3. The van der Waals surface area contributed by atoms with Crippen LogP contribution in [0.25, 0.3) is 0 Å². The number of carbonyl (C=O) groups is 4. The van der Waals surface area contributed by atoms with Crippen LogP contribution in [0.1, 0.15) is 41.1 Å². The Morgan fingerprint density at radius 2 is 1.60 bits per heavy atom. The summed E-state index contributed by atoms with van der Waals surface area (Å²) in [5.41, 5.74) is 3.76. The second kappa shape index (κ2) is 13.7. The van der Waals surface area contributed by atoms with Gasteiger partial charge in [-0.05, 0) is 61.2 Å². The monoisotopic (exact) mass is 572 g/mol. The first-order valence-corrected chi connectivity index (χ1v) is 13.8. The van der Waals surface area contributed by atoms with E-state index in [1.807, 2.05) is 44.2 Å². The fourth-order valence-electron chi connectivity index (χ4n) is 5.08. The summed E-state index contributed by atoms with van der Waals surface area (Å²) in [4.78, 5) is 55.7. The summed E-state index contributed by atoms with van der Waals surface area (Å²) in [5.74, 6) is -1.41. The Balaban J connectivity index is 1.64. The summed E-state index contributed by atoms with van der Waals surface area (Å²) in [6.07, 6.45) is -1.17. The van der Waals surface area contributed by atoms with Crippen LogP contribution in [-0.4, -0.2) is 65.1 Å². The van der Waals surface area contributed by atoms with E-state index in [9.17, 15) is 24.3 Å². The van der Waals surface area contributed by atoms with E-state index in [1.165, 1.54) is 9.80 Å². The standard InChI is InChI=1S/C32H36N4O6/c1-21-7-4-9-24(17-21)27(20-29(38)39)34-30(40)31-35(28(37)19-23-11-13-26(42-3)14-12-23)15-6-16-36(31)32(41)33-25-10-5-8-22(2)18-25/h4-5,7-14,17-18,27,31H,6,15-16,19-20H2,1-3H3,(H,33,41)(H,34,40)(H,38,39). The second-order valence-electron chi connectivity index (χ2n) is 10.4. The maximum atomic E-state index is 14.0. The van der Waals surface area contributed by atoms with E-state index in [0.29, 0.717) is 23.4 Å². The van der Waals surface area contributed by atoms with Crippen molar-refractivity contribution in [1.29, 1.82) is 0 Å². The molecule has 0 spiro atoms. The molecule has 3 N–H and O–H groups in total. The molecule has 10 nitrogen and oxygen atoms in total. The number of anilines is 1.